The molecule has 1 amide bonds. The van der Waals surface area contributed by atoms with Crippen LogP contribution in [-0.4, -0.2) is 32.7 Å². The molecule has 0 radical (unpaired) electrons. The van der Waals surface area contributed by atoms with E-state index >= 15 is 0 Å². The smallest absolute Gasteiger partial charge is 0.230 e. The molecule has 0 spiro atoms. The molecule has 1 N–H and O–H groups in total. The van der Waals surface area contributed by atoms with Gasteiger partial charge in [0.1, 0.15) is 17.1 Å². The summed E-state index contributed by atoms with van der Waals surface area (Å²) < 4.78 is 7.61. The minimum Gasteiger partial charge on any atom is -0.469 e. The van der Waals surface area contributed by atoms with Gasteiger partial charge in [0.15, 0.2) is 5.65 Å². The highest BCUT2D eigenvalue weighted by molar-refractivity contribution is 7.99. The number of furan rings is 1. The highest BCUT2D eigenvalue weighted by atomic mass is 32.2. The lowest BCUT2D eigenvalue weighted by atomic mass is 9.95. The van der Waals surface area contributed by atoms with Gasteiger partial charge in [-0.1, -0.05) is 19.3 Å². The summed E-state index contributed by atoms with van der Waals surface area (Å²) >= 11 is 1.61. The second kappa shape index (κ2) is 9.28. The Hall–Kier alpha value is -2.28. The molecule has 0 unspecified atom stereocenters. The first-order valence-corrected chi connectivity index (χ1v) is 11.2. The molecular weight excluding hydrogens is 372 g/mol. The molecule has 0 aliphatic heterocycles. The van der Waals surface area contributed by atoms with Gasteiger partial charge in [0.2, 0.25) is 5.91 Å². The van der Waals surface area contributed by atoms with E-state index in [-0.39, 0.29) is 5.91 Å². The lowest BCUT2D eigenvalue weighted by Crippen LogP contribution is -2.27. The molecule has 3 aromatic rings. The second-order valence-electron chi connectivity index (χ2n) is 7.21. The third-order valence-corrected chi connectivity index (χ3v) is 6.13. The summed E-state index contributed by atoms with van der Waals surface area (Å²) in [5, 5.41) is 2.95. The molecule has 28 heavy (non-hydrogen) atoms. The first-order valence-electron chi connectivity index (χ1n) is 10.00. The minimum absolute atomic E-state index is 0.0509. The van der Waals surface area contributed by atoms with E-state index in [0.29, 0.717) is 24.8 Å². The molecule has 3 heterocycles. The summed E-state index contributed by atoms with van der Waals surface area (Å²) in [6, 6.07) is 8.22. The standard InChI is InChI=1S/C21H26N4O2S/c26-20(22-12-10-17-8-5-13-27-17)15-28-14-19-24-18-9-4-11-23-21(18)25(19)16-6-2-1-3-7-16/h4-5,8-9,11,13,16H,1-3,6-7,10,12,14-15H2,(H,22,26). The van der Waals surface area contributed by atoms with E-state index in [1.807, 2.05) is 30.5 Å². The number of amides is 1. The van der Waals surface area contributed by atoms with Crippen LogP contribution in [0, 0.1) is 0 Å². The van der Waals surface area contributed by atoms with Crippen LogP contribution < -0.4 is 5.32 Å². The minimum atomic E-state index is 0.0509. The van der Waals surface area contributed by atoms with Gasteiger partial charge < -0.3 is 14.3 Å². The van der Waals surface area contributed by atoms with Crippen molar-refractivity contribution < 1.29 is 9.21 Å². The van der Waals surface area contributed by atoms with Gasteiger partial charge in [-0.2, -0.15) is 0 Å². The number of nitrogens with zero attached hydrogens (tertiary/aromatic N) is 3. The molecule has 0 saturated heterocycles. The molecule has 6 nitrogen and oxygen atoms in total. The molecule has 0 bridgehead atoms. The van der Waals surface area contributed by atoms with E-state index in [0.717, 1.165) is 28.5 Å². The number of rotatable bonds is 8. The zero-order chi connectivity index (χ0) is 19.2. The largest absolute Gasteiger partial charge is 0.469 e. The Balaban J connectivity index is 1.34. The van der Waals surface area contributed by atoms with Gasteiger partial charge in [0.05, 0.1) is 17.8 Å². The number of hydrogen-bond acceptors (Lipinski definition) is 5. The third-order valence-electron chi connectivity index (χ3n) is 5.20. The predicted octanol–water partition coefficient (Wildman–Crippen LogP) is 4.12. The molecule has 1 aliphatic carbocycles. The summed E-state index contributed by atoms with van der Waals surface area (Å²) in [6.45, 7) is 0.595. The zero-order valence-corrected chi connectivity index (χ0v) is 16.8. The Labute approximate surface area is 169 Å². The maximum Gasteiger partial charge on any atom is 0.230 e. The van der Waals surface area contributed by atoms with Gasteiger partial charge in [-0.05, 0) is 37.1 Å². The highest BCUT2D eigenvalue weighted by Crippen LogP contribution is 2.32. The Morgan fingerprint density at radius 2 is 2.14 bits per heavy atom. The van der Waals surface area contributed by atoms with Crippen LogP contribution in [0.4, 0.5) is 0 Å². The van der Waals surface area contributed by atoms with Crippen molar-refractivity contribution in [1.29, 1.82) is 0 Å². The van der Waals surface area contributed by atoms with E-state index in [4.69, 9.17) is 9.40 Å². The van der Waals surface area contributed by atoms with Crippen molar-refractivity contribution in [2.75, 3.05) is 12.3 Å². The van der Waals surface area contributed by atoms with Gasteiger partial charge in [0, 0.05) is 25.2 Å². The summed E-state index contributed by atoms with van der Waals surface area (Å²) in [6.07, 6.45) is 10.4. The van der Waals surface area contributed by atoms with Crippen LogP contribution in [0.5, 0.6) is 0 Å². The fraction of sp³-hybridized carbons (Fsp3) is 0.476. The molecule has 7 heteroatoms. The number of nitrogens with one attached hydrogen (secondary N) is 1. The Morgan fingerprint density at radius 1 is 1.25 bits per heavy atom. The number of imidazole rings is 1. The molecule has 0 aromatic carbocycles. The Bertz CT molecular complexity index is 900. The van der Waals surface area contributed by atoms with Crippen LogP contribution in [0.15, 0.2) is 41.1 Å². The molecule has 4 rings (SSSR count). The van der Waals surface area contributed by atoms with Gasteiger partial charge in [0.25, 0.3) is 0 Å². The number of carbonyl (C=O) groups excluding carboxylic acids is 1. The van der Waals surface area contributed by atoms with Crippen LogP contribution in [0.1, 0.15) is 49.7 Å². The first kappa shape index (κ1) is 19.1. The highest BCUT2D eigenvalue weighted by Gasteiger charge is 2.22. The van der Waals surface area contributed by atoms with Gasteiger partial charge in [-0.15, -0.1) is 11.8 Å². The summed E-state index contributed by atoms with van der Waals surface area (Å²) in [4.78, 5) is 21.5. The monoisotopic (exact) mass is 398 g/mol. The first-order chi connectivity index (χ1) is 13.8. The fourth-order valence-corrected chi connectivity index (χ4v) is 4.64. The van der Waals surface area contributed by atoms with Gasteiger partial charge in [-0.3, -0.25) is 4.79 Å². The predicted molar refractivity (Wildman–Crippen MR) is 111 cm³/mol. The van der Waals surface area contributed by atoms with Crippen molar-refractivity contribution in [2.24, 2.45) is 0 Å². The number of aromatic nitrogens is 3. The summed E-state index contributed by atoms with van der Waals surface area (Å²) in [5.74, 6) is 3.13. The molecule has 148 valence electrons. The van der Waals surface area contributed by atoms with Crippen LogP contribution in [0.2, 0.25) is 0 Å². The average molecular weight is 399 g/mol. The Morgan fingerprint density at radius 3 is 2.96 bits per heavy atom. The molecule has 3 aromatic heterocycles. The van der Waals surface area contributed by atoms with E-state index in [9.17, 15) is 4.79 Å². The van der Waals surface area contributed by atoms with Crippen LogP contribution in [0.3, 0.4) is 0 Å². The van der Waals surface area contributed by atoms with Crippen LogP contribution in [-0.2, 0) is 17.0 Å². The van der Waals surface area contributed by atoms with E-state index in [1.54, 1.807) is 18.0 Å². The number of carbonyl (C=O) groups is 1. The van der Waals surface area contributed by atoms with Gasteiger partial charge >= 0.3 is 0 Å². The van der Waals surface area contributed by atoms with Crippen LogP contribution in [0.25, 0.3) is 11.2 Å². The summed E-state index contributed by atoms with van der Waals surface area (Å²) in [7, 11) is 0. The lowest BCUT2D eigenvalue weighted by molar-refractivity contribution is -0.118. The van der Waals surface area contributed by atoms with Crippen molar-refractivity contribution in [3.05, 3.63) is 48.3 Å². The molecular formula is C21H26N4O2S. The maximum atomic E-state index is 12.1. The van der Waals surface area contributed by atoms with E-state index in [1.165, 1.54) is 32.1 Å². The molecule has 0 atom stereocenters. The zero-order valence-electron chi connectivity index (χ0n) is 16.0. The second-order valence-corrected chi connectivity index (χ2v) is 8.19. The number of pyridine rings is 1. The molecule has 1 saturated carbocycles. The van der Waals surface area contributed by atoms with Crippen molar-refractivity contribution in [2.45, 2.75) is 50.3 Å². The summed E-state index contributed by atoms with van der Waals surface area (Å²) in [5.41, 5.74) is 1.93. The average Bonchev–Trinajstić information content (AvgIpc) is 3.36. The van der Waals surface area contributed by atoms with E-state index in [2.05, 4.69) is 14.9 Å². The normalized spacial score (nSPS) is 15.1. The number of thioether (sulfide) groups is 1. The van der Waals surface area contributed by atoms with Crippen molar-refractivity contribution in [1.82, 2.24) is 19.9 Å². The SMILES string of the molecule is O=C(CSCc1nc2cccnc2n1C1CCCCC1)NCCc1ccco1. The molecule has 1 fully saturated rings. The lowest BCUT2D eigenvalue weighted by Gasteiger charge is -2.25. The Kier molecular flexibility index (Phi) is 6.31. The topological polar surface area (TPSA) is 73.0 Å². The molecule has 1 aliphatic rings. The van der Waals surface area contributed by atoms with Crippen molar-refractivity contribution in [3.8, 4) is 0 Å². The fourth-order valence-electron chi connectivity index (χ4n) is 3.87. The van der Waals surface area contributed by atoms with E-state index < -0.39 is 0 Å². The third kappa shape index (κ3) is 4.58. The van der Waals surface area contributed by atoms with Crippen LogP contribution >= 0.6 is 11.8 Å². The number of fused-ring (bicyclic) bond motifs is 1. The quantitative estimate of drug-likeness (QED) is 0.618. The maximum absolute atomic E-state index is 12.1. The number of hydrogen-bond donors (Lipinski definition) is 1. The van der Waals surface area contributed by atoms with Gasteiger partial charge in [-0.25, -0.2) is 9.97 Å². The van der Waals surface area contributed by atoms with Crippen molar-refractivity contribution in [3.63, 3.8) is 0 Å². The van der Waals surface area contributed by atoms with Crippen molar-refractivity contribution >= 4 is 28.8 Å².